The van der Waals surface area contributed by atoms with Gasteiger partial charge in [0.2, 0.25) is 0 Å². The van der Waals surface area contributed by atoms with E-state index in [1.54, 1.807) is 14.2 Å². The fourth-order valence-electron chi connectivity index (χ4n) is 1.67. The molecule has 0 spiro atoms. The Kier molecular flexibility index (Phi) is 3.94. The zero-order valence-electron chi connectivity index (χ0n) is 10.9. The third-order valence-electron chi connectivity index (χ3n) is 2.62. The van der Waals surface area contributed by atoms with E-state index in [1.807, 2.05) is 42.5 Å². The Morgan fingerprint density at radius 3 is 2.16 bits per heavy atom. The van der Waals surface area contributed by atoms with Crippen molar-refractivity contribution >= 4 is 5.69 Å². The summed E-state index contributed by atoms with van der Waals surface area (Å²) in [6.07, 6.45) is 0. The molecule has 0 unspecified atom stereocenters. The van der Waals surface area contributed by atoms with E-state index < -0.39 is 0 Å². The number of hydrogen-bond acceptors (Lipinski definition) is 3. The van der Waals surface area contributed by atoms with Crippen LogP contribution in [0.5, 0.6) is 11.5 Å². The maximum absolute atomic E-state index is 5.71. The molecule has 19 heavy (non-hydrogen) atoms. The number of nitrogen functional groups attached to an aromatic ring is 1. The van der Waals surface area contributed by atoms with Gasteiger partial charge in [0.1, 0.15) is 0 Å². The Bertz CT molecular complexity index is 639. The summed E-state index contributed by atoms with van der Waals surface area (Å²) in [5, 5.41) is 0. The summed E-state index contributed by atoms with van der Waals surface area (Å²) in [4.78, 5) is 0. The molecule has 3 heteroatoms. The first-order valence-electron chi connectivity index (χ1n) is 5.82. The van der Waals surface area contributed by atoms with E-state index in [0.29, 0.717) is 17.2 Å². The van der Waals surface area contributed by atoms with E-state index in [-0.39, 0.29) is 0 Å². The van der Waals surface area contributed by atoms with Crippen LogP contribution >= 0.6 is 0 Å². The predicted octanol–water partition coefficient (Wildman–Crippen LogP) is 2.69. The molecule has 0 bridgehead atoms. The quantitative estimate of drug-likeness (QED) is 0.661. The van der Waals surface area contributed by atoms with E-state index in [2.05, 4.69) is 11.8 Å². The molecule has 2 aromatic rings. The Morgan fingerprint density at radius 1 is 0.842 bits per heavy atom. The molecule has 0 saturated heterocycles. The molecule has 0 aliphatic heterocycles. The SMILES string of the molecule is COc1ccc(C#Cc2cccc(N)c2)cc1OC. The minimum Gasteiger partial charge on any atom is -0.493 e. The van der Waals surface area contributed by atoms with Crippen LogP contribution in [-0.2, 0) is 0 Å². The van der Waals surface area contributed by atoms with E-state index in [1.165, 1.54) is 0 Å². The first-order chi connectivity index (χ1) is 9.22. The summed E-state index contributed by atoms with van der Waals surface area (Å²) in [7, 11) is 3.21. The maximum atomic E-state index is 5.71. The van der Waals surface area contributed by atoms with Crippen LogP contribution in [-0.4, -0.2) is 14.2 Å². The van der Waals surface area contributed by atoms with Crippen LogP contribution in [0.4, 0.5) is 5.69 Å². The average Bonchev–Trinajstić information content (AvgIpc) is 2.45. The van der Waals surface area contributed by atoms with Crippen molar-refractivity contribution in [3.05, 3.63) is 53.6 Å². The number of benzene rings is 2. The van der Waals surface area contributed by atoms with Gasteiger partial charge in [-0.25, -0.2) is 0 Å². The Balaban J connectivity index is 2.29. The summed E-state index contributed by atoms with van der Waals surface area (Å²) in [5.41, 5.74) is 8.16. The highest BCUT2D eigenvalue weighted by Crippen LogP contribution is 2.27. The molecule has 0 amide bonds. The second-order valence-corrected chi connectivity index (χ2v) is 3.95. The van der Waals surface area contributed by atoms with Gasteiger partial charge in [-0.1, -0.05) is 17.9 Å². The molecule has 0 fully saturated rings. The molecule has 0 aliphatic rings. The lowest BCUT2D eigenvalue weighted by molar-refractivity contribution is 0.355. The summed E-state index contributed by atoms with van der Waals surface area (Å²) in [6, 6.07) is 13.0. The van der Waals surface area contributed by atoms with Crippen molar-refractivity contribution in [3.63, 3.8) is 0 Å². The average molecular weight is 253 g/mol. The minimum absolute atomic E-state index is 0.668. The van der Waals surface area contributed by atoms with Gasteiger partial charge < -0.3 is 15.2 Å². The molecule has 0 atom stereocenters. The third kappa shape index (κ3) is 3.20. The van der Waals surface area contributed by atoms with Gasteiger partial charge in [-0.15, -0.1) is 0 Å². The fraction of sp³-hybridized carbons (Fsp3) is 0.125. The van der Waals surface area contributed by atoms with Gasteiger partial charge in [0.25, 0.3) is 0 Å². The van der Waals surface area contributed by atoms with E-state index in [4.69, 9.17) is 15.2 Å². The summed E-state index contributed by atoms with van der Waals surface area (Å²) in [5.74, 6) is 7.50. The highest BCUT2D eigenvalue weighted by atomic mass is 16.5. The summed E-state index contributed by atoms with van der Waals surface area (Å²) >= 11 is 0. The van der Waals surface area contributed by atoms with Gasteiger partial charge in [0, 0.05) is 16.8 Å². The van der Waals surface area contributed by atoms with Gasteiger partial charge in [-0.2, -0.15) is 0 Å². The van der Waals surface area contributed by atoms with Gasteiger partial charge in [0.05, 0.1) is 14.2 Å². The van der Waals surface area contributed by atoms with Crippen LogP contribution < -0.4 is 15.2 Å². The van der Waals surface area contributed by atoms with Crippen LogP contribution in [0.3, 0.4) is 0 Å². The molecule has 0 aliphatic carbocycles. The third-order valence-corrected chi connectivity index (χ3v) is 2.62. The zero-order chi connectivity index (χ0) is 13.7. The molecule has 2 aromatic carbocycles. The Hall–Kier alpha value is -2.60. The molecule has 0 aromatic heterocycles. The normalized spacial score (nSPS) is 9.37. The number of anilines is 1. The van der Waals surface area contributed by atoms with Crippen molar-refractivity contribution in [1.29, 1.82) is 0 Å². The molecule has 2 N–H and O–H groups in total. The minimum atomic E-state index is 0.668. The van der Waals surface area contributed by atoms with Gasteiger partial charge >= 0.3 is 0 Å². The zero-order valence-corrected chi connectivity index (χ0v) is 10.9. The number of hydrogen-bond donors (Lipinski definition) is 1. The monoisotopic (exact) mass is 253 g/mol. The molecular weight excluding hydrogens is 238 g/mol. The first-order valence-corrected chi connectivity index (χ1v) is 5.82. The second kappa shape index (κ2) is 5.83. The van der Waals surface area contributed by atoms with Crippen molar-refractivity contribution in [2.24, 2.45) is 0 Å². The lowest BCUT2D eigenvalue weighted by Gasteiger charge is -2.06. The van der Waals surface area contributed by atoms with Crippen molar-refractivity contribution in [2.45, 2.75) is 0 Å². The molecule has 2 rings (SSSR count). The van der Waals surface area contributed by atoms with Crippen LogP contribution in [0.15, 0.2) is 42.5 Å². The molecule has 3 nitrogen and oxygen atoms in total. The Morgan fingerprint density at radius 2 is 1.53 bits per heavy atom. The van der Waals surface area contributed by atoms with Crippen molar-refractivity contribution in [1.82, 2.24) is 0 Å². The van der Waals surface area contributed by atoms with Crippen molar-refractivity contribution in [3.8, 4) is 23.3 Å². The van der Waals surface area contributed by atoms with Crippen molar-refractivity contribution in [2.75, 3.05) is 20.0 Å². The lowest BCUT2D eigenvalue weighted by atomic mass is 10.1. The van der Waals surface area contributed by atoms with Crippen LogP contribution in [0.25, 0.3) is 0 Å². The van der Waals surface area contributed by atoms with E-state index in [0.717, 1.165) is 11.1 Å². The standard InChI is InChI=1S/C16H15NO2/c1-18-15-9-8-13(11-16(15)19-2)7-6-12-4-3-5-14(17)10-12/h3-5,8-11H,17H2,1-2H3. The smallest absolute Gasteiger partial charge is 0.161 e. The number of rotatable bonds is 2. The predicted molar refractivity (Wildman–Crippen MR) is 76.4 cm³/mol. The highest BCUT2D eigenvalue weighted by molar-refractivity contribution is 5.52. The first kappa shape index (κ1) is 12.8. The molecule has 0 radical (unpaired) electrons. The van der Waals surface area contributed by atoms with Gasteiger partial charge in [0.15, 0.2) is 11.5 Å². The fourth-order valence-corrected chi connectivity index (χ4v) is 1.67. The summed E-state index contributed by atoms with van der Waals surface area (Å²) in [6.45, 7) is 0. The van der Waals surface area contributed by atoms with E-state index in [9.17, 15) is 0 Å². The van der Waals surface area contributed by atoms with Gasteiger partial charge in [-0.05, 0) is 36.4 Å². The summed E-state index contributed by atoms with van der Waals surface area (Å²) < 4.78 is 10.4. The largest absolute Gasteiger partial charge is 0.493 e. The number of nitrogens with two attached hydrogens (primary N) is 1. The van der Waals surface area contributed by atoms with Crippen molar-refractivity contribution < 1.29 is 9.47 Å². The second-order valence-electron chi connectivity index (χ2n) is 3.95. The molecule has 0 saturated carbocycles. The maximum Gasteiger partial charge on any atom is 0.161 e. The van der Waals surface area contributed by atoms with Crippen LogP contribution in [0.1, 0.15) is 11.1 Å². The number of ether oxygens (including phenoxy) is 2. The Labute approximate surface area is 113 Å². The van der Waals surface area contributed by atoms with Gasteiger partial charge in [-0.3, -0.25) is 0 Å². The molecule has 0 heterocycles. The van der Waals surface area contributed by atoms with Crippen LogP contribution in [0.2, 0.25) is 0 Å². The molecular formula is C16H15NO2. The number of methoxy groups -OCH3 is 2. The van der Waals surface area contributed by atoms with Crippen LogP contribution in [0, 0.1) is 11.8 Å². The lowest BCUT2D eigenvalue weighted by Crippen LogP contribution is -1.90. The van der Waals surface area contributed by atoms with E-state index >= 15 is 0 Å². The molecule has 96 valence electrons. The highest BCUT2D eigenvalue weighted by Gasteiger charge is 2.02. The topological polar surface area (TPSA) is 44.5 Å².